The van der Waals surface area contributed by atoms with Crippen LogP contribution in [0.4, 0.5) is 11.6 Å². The van der Waals surface area contributed by atoms with Crippen LogP contribution in [0.15, 0.2) is 40.4 Å². The first kappa shape index (κ1) is 25.2. The zero-order chi connectivity index (χ0) is 25.5. The minimum Gasteiger partial charge on any atom is -0.359 e. The number of sulfone groups is 1. The van der Waals surface area contributed by atoms with Crippen molar-refractivity contribution >= 4 is 29.5 Å². The highest BCUT2D eigenvalue weighted by atomic mass is 32.2. The lowest BCUT2D eigenvalue weighted by atomic mass is 9.99. The summed E-state index contributed by atoms with van der Waals surface area (Å²) in [6.45, 7) is 9.62. The van der Waals surface area contributed by atoms with Crippen LogP contribution in [-0.4, -0.2) is 37.9 Å². The van der Waals surface area contributed by atoms with Gasteiger partial charge in [-0.2, -0.15) is 4.98 Å². The molecular weight excluding hydrogens is 488 g/mol. The summed E-state index contributed by atoms with van der Waals surface area (Å²) in [7, 11) is -5.11. The van der Waals surface area contributed by atoms with Crippen LogP contribution in [0.25, 0.3) is 0 Å². The smallest absolute Gasteiger partial charge is 0.273 e. The molecule has 2 aliphatic rings. The number of ether oxygens (including phenoxy) is 1. The molecule has 1 N–H and O–H groups in total. The Morgan fingerprint density at radius 2 is 1.64 bits per heavy atom. The second-order valence-corrected chi connectivity index (χ2v) is 18.7. The highest BCUT2D eigenvalue weighted by Crippen LogP contribution is 2.40. The van der Waals surface area contributed by atoms with Crippen LogP contribution in [0, 0.1) is 6.92 Å². The third-order valence-corrected chi connectivity index (χ3v) is 10.4. The molecular formula is C27H36N4O3SSi. The molecule has 7 nitrogen and oxygen atoms in total. The van der Waals surface area contributed by atoms with Crippen molar-refractivity contribution in [1.82, 2.24) is 14.8 Å². The number of hydrogen-bond acceptors (Lipinski definition) is 6. The fourth-order valence-electron chi connectivity index (χ4n) is 5.05. The van der Waals surface area contributed by atoms with Crippen LogP contribution < -0.4 is 5.32 Å². The van der Waals surface area contributed by atoms with Crippen molar-refractivity contribution in [3.63, 3.8) is 0 Å². The Bertz CT molecular complexity index is 1340. The van der Waals surface area contributed by atoms with E-state index in [2.05, 4.69) is 41.1 Å². The number of rotatable bonds is 9. The second-order valence-electron chi connectivity index (χ2n) is 11.2. The predicted molar refractivity (Wildman–Crippen MR) is 145 cm³/mol. The van der Waals surface area contributed by atoms with Crippen LogP contribution in [0.5, 0.6) is 0 Å². The molecule has 0 aliphatic heterocycles. The van der Waals surface area contributed by atoms with Gasteiger partial charge in [0.15, 0.2) is 0 Å². The molecule has 3 aromatic rings. The Morgan fingerprint density at radius 3 is 2.25 bits per heavy atom. The van der Waals surface area contributed by atoms with E-state index in [0.29, 0.717) is 12.6 Å². The Balaban J connectivity index is 1.50. The first-order chi connectivity index (χ1) is 17.1. The zero-order valence-electron chi connectivity index (χ0n) is 21.7. The molecule has 0 fully saturated rings. The largest absolute Gasteiger partial charge is 0.359 e. The van der Waals surface area contributed by atoms with Crippen molar-refractivity contribution in [2.45, 2.75) is 87.9 Å². The van der Waals surface area contributed by atoms with Gasteiger partial charge in [0, 0.05) is 20.4 Å². The first-order valence-electron chi connectivity index (χ1n) is 12.9. The molecule has 2 aliphatic carbocycles. The standard InChI is InChI=1S/C27H36N4O3SSi/c1-19-11-13-22(14-12-19)35(32,33)27-29-26(31(30-27)18-34-15-16-36(2,3)4)28-25-23-9-5-7-20(23)17-21-8-6-10-24(21)25/h11-14,17H,5-10,15-16,18H2,1-4H3,(H,28,29,30). The van der Waals surface area contributed by atoms with E-state index in [1.807, 2.05) is 6.92 Å². The van der Waals surface area contributed by atoms with Crippen LogP contribution >= 0.6 is 0 Å². The number of anilines is 2. The van der Waals surface area contributed by atoms with E-state index in [4.69, 9.17) is 4.74 Å². The fourth-order valence-corrected chi connectivity index (χ4v) is 6.92. The molecule has 0 spiro atoms. The molecule has 0 saturated heterocycles. The van der Waals surface area contributed by atoms with E-state index >= 15 is 0 Å². The van der Waals surface area contributed by atoms with Crippen molar-refractivity contribution < 1.29 is 13.2 Å². The molecule has 5 rings (SSSR count). The van der Waals surface area contributed by atoms with Crippen LogP contribution in [0.1, 0.15) is 40.7 Å². The predicted octanol–water partition coefficient (Wildman–Crippen LogP) is 5.45. The molecule has 36 heavy (non-hydrogen) atoms. The van der Waals surface area contributed by atoms with Crippen molar-refractivity contribution in [3.05, 3.63) is 58.1 Å². The molecule has 9 heteroatoms. The van der Waals surface area contributed by atoms with E-state index in [1.54, 1.807) is 28.9 Å². The average molecular weight is 525 g/mol. The number of aromatic nitrogens is 3. The maximum atomic E-state index is 13.4. The number of hydrogen-bond donors (Lipinski definition) is 1. The Hall–Kier alpha value is -2.49. The summed E-state index contributed by atoms with van der Waals surface area (Å²) in [4.78, 5) is 4.73. The van der Waals surface area contributed by atoms with E-state index in [9.17, 15) is 8.42 Å². The SMILES string of the molecule is Cc1ccc(S(=O)(=O)c2nc(Nc3c4c(cc5c3CCC5)CCC4)n(COCC[Si](C)(C)C)n2)cc1. The molecule has 0 bridgehead atoms. The number of fused-ring (bicyclic) bond motifs is 2. The summed E-state index contributed by atoms with van der Waals surface area (Å²) in [5.41, 5.74) is 7.59. The zero-order valence-corrected chi connectivity index (χ0v) is 23.5. The molecule has 0 unspecified atom stereocenters. The molecule has 192 valence electrons. The van der Waals surface area contributed by atoms with E-state index in [0.717, 1.165) is 55.8 Å². The third kappa shape index (κ3) is 5.14. The van der Waals surface area contributed by atoms with E-state index in [1.165, 1.54) is 22.3 Å². The lowest BCUT2D eigenvalue weighted by molar-refractivity contribution is 0.0792. The molecule has 1 aromatic heterocycles. The van der Waals surface area contributed by atoms with Gasteiger partial charge in [0.1, 0.15) is 6.73 Å². The Morgan fingerprint density at radius 1 is 1.00 bits per heavy atom. The summed E-state index contributed by atoms with van der Waals surface area (Å²) < 4.78 is 34.3. The third-order valence-electron chi connectivity index (χ3n) is 7.14. The summed E-state index contributed by atoms with van der Waals surface area (Å²) >= 11 is 0. The molecule has 0 amide bonds. The molecule has 0 radical (unpaired) electrons. The maximum absolute atomic E-state index is 13.4. The minimum absolute atomic E-state index is 0.153. The fraction of sp³-hybridized carbons (Fsp3) is 0.481. The number of benzene rings is 2. The van der Waals surface area contributed by atoms with Gasteiger partial charge in [-0.25, -0.2) is 13.1 Å². The van der Waals surface area contributed by atoms with Gasteiger partial charge in [0.05, 0.1) is 4.90 Å². The highest BCUT2D eigenvalue weighted by Gasteiger charge is 2.28. The van der Waals surface area contributed by atoms with Crippen LogP contribution in [0.3, 0.4) is 0 Å². The average Bonchev–Trinajstić information content (AvgIpc) is 3.56. The van der Waals surface area contributed by atoms with Gasteiger partial charge >= 0.3 is 0 Å². The van der Waals surface area contributed by atoms with Crippen molar-refractivity contribution in [1.29, 1.82) is 0 Å². The molecule has 2 aromatic carbocycles. The van der Waals surface area contributed by atoms with Gasteiger partial charge in [-0.1, -0.05) is 43.4 Å². The second kappa shape index (κ2) is 9.76. The van der Waals surface area contributed by atoms with Gasteiger partial charge in [0.25, 0.3) is 5.16 Å². The molecule has 0 atom stereocenters. The lowest BCUT2D eigenvalue weighted by Gasteiger charge is -2.18. The van der Waals surface area contributed by atoms with Crippen molar-refractivity contribution in [3.8, 4) is 0 Å². The highest BCUT2D eigenvalue weighted by molar-refractivity contribution is 7.91. The van der Waals surface area contributed by atoms with Gasteiger partial charge in [-0.15, -0.1) is 5.10 Å². The summed E-state index contributed by atoms with van der Waals surface area (Å²) in [6.07, 6.45) is 6.53. The van der Waals surface area contributed by atoms with Crippen LogP contribution in [-0.2, 0) is 47.0 Å². The molecule has 1 heterocycles. The molecule has 0 saturated carbocycles. The summed E-state index contributed by atoms with van der Waals surface area (Å²) in [5.74, 6) is 0.420. The minimum atomic E-state index is -3.86. The normalized spacial score (nSPS) is 15.2. The van der Waals surface area contributed by atoms with E-state index in [-0.39, 0.29) is 16.8 Å². The van der Waals surface area contributed by atoms with Crippen molar-refractivity contribution in [2.75, 3.05) is 11.9 Å². The monoisotopic (exact) mass is 524 g/mol. The number of nitrogens with one attached hydrogen (secondary N) is 1. The maximum Gasteiger partial charge on any atom is 0.273 e. The Kier molecular flexibility index (Phi) is 6.82. The lowest BCUT2D eigenvalue weighted by Crippen LogP contribution is -2.22. The topological polar surface area (TPSA) is 86.1 Å². The quantitative estimate of drug-likeness (QED) is 0.296. The van der Waals surface area contributed by atoms with E-state index < -0.39 is 17.9 Å². The number of nitrogens with zero attached hydrogens (tertiary/aromatic N) is 3. The van der Waals surface area contributed by atoms with Crippen molar-refractivity contribution in [2.24, 2.45) is 0 Å². The summed E-state index contributed by atoms with van der Waals surface area (Å²) in [6, 6.07) is 10.2. The first-order valence-corrected chi connectivity index (χ1v) is 18.1. The van der Waals surface area contributed by atoms with Gasteiger partial charge in [-0.05, 0) is 85.9 Å². The van der Waals surface area contributed by atoms with Gasteiger partial charge in [0.2, 0.25) is 15.8 Å². The summed E-state index contributed by atoms with van der Waals surface area (Å²) in [5, 5.41) is 7.77. The van der Waals surface area contributed by atoms with Crippen LogP contribution in [0.2, 0.25) is 25.7 Å². The van der Waals surface area contributed by atoms with Gasteiger partial charge in [-0.3, -0.25) is 0 Å². The Labute approximate surface area is 215 Å². The van der Waals surface area contributed by atoms with Gasteiger partial charge < -0.3 is 10.1 Å². The number of aryl methyl sites for hydroxylation is 3.